The van der Waals surface area contributed by atoms with E-state index in [1.165, 1.54) is 0 Å². The van der Waals surface area contributed by atoms with Gasteiger partial charge in [0.05, 0.1) is 6.54 Å². The Morgan fingerprint density at radius 2 is 1.52 bits per heavy atom. The summed E-state index contributed by atoms with van der Waals surface area (Å²) in [4.78, 5) is 28.0. The van der Waals surface area contributed by atoms with Crippen molar-refractivity contribution in [1.82, 2.24) is 4.90 Å². The van der Waals surface area contributed by atoms with Gasteiger partial charge in [0.25, 0.3) is 0 Å². The van der Waals surface area contributed by atoms with E-state index in [1.54, 1.807) is 24.3 Å². The standard InChI is InChI=1S/C19H24N4O2/c1-22(2)13-18(24)14-6-5-7-16(12-14)21-19(25)20-15-8-10-17(11-9-15)23(3)4/h5-12H,13H2,1-4H3,(H2,20,21,25). The molecule has 2 aromatic rings. The van der Waals surface area contributed by atoms with Gasteiger partial charge in [0.15, 0.2) is 5.78 Å². The van der Waals surface area contributed by atoms with Crippen molar-refractivity contribution in [1.29, 1.82) is 0 Å². The molecule has 0 fully saturated rings. The maximum Gasteiger partial charge on any atom is 0.323 e. The number of Topliss-reactive ketones (excluding diaryl/α,β-unsaturated/α-hetero) is 1. The van der Waals surface area contributed by atoms with Crippen LogP contribution < -0.4 is 15.5 Å². The van der Waals surface area contributed by atoms with Gasteiger partial charge in [0, 0.05) is 36.7 Å². The van der Waals surface area contributed by atoms with Crippen LogP contribution in [0.4, 0.5) is 21.9 Å². The first-order valence-electron chi connectivity index (χ1n) is 7.98. The van der Waals surface area contributed by atoms with Gasteiger partial charge in [-0.25, -0.2) is 4.79 Å². The lowest BCUT2D eigenvalue weighted by Gasteiger charge is -2.13. The summed E-state index contributed by atoms with van der Waals surface area (Å²) in [7, 11) is 7.60. The van der Waals surface area contributed by atoms with Crippen molar-refractivity contribution in [2.75, 3.05) is 50.3 Å². The Morgan fingerprint density at radius 3 is 2.12 bits per heavy atom. The Labute approximate surface area is 148 Å². The van der Waals surface area contributed by atoms with Gasteiger partial charge < -0.3 is 20.4 Å². The van der Waals surface area contributed by atoms with Crippen LogP contribution in [0.5, 0.6) is 0 Å². The molecule has 2 amide bonds. The third kappa shape index (κ3) is 5.61. The molecule has 0 heterocycles. The van der Waals surface area contributed by atoms with E-state index in [0.717, 1.165) is 5.69 Å². The highest BCUT2D eigenvalue weighted by molar-refractivity contribution is 6.02. The van der Waals surface area contributed by atoms with Gasteiger partial charge in [-0.2, -0.15) is 0 Å². The summed E-state index contributed by atoms with van der Waals surface area (Å²) >= 11 is 0. The lowest BCUT2D eigenvalue weighted by Crippen LogP contribution is -2.22. The van der Waals surface area contributed by atoms with Crippen molar-refractivity contribution in [2.24, 2.45) is 0 Å². The number of nitrogens with one attached hydrogen (secondary N) is 2. The van der Waals surface area contributed by atoms with Gasteiger partial charge >= 0.3 is 6.03 Å². The van der Waals surface area contributed by atoms with Crippen LogP contribution in [-0.2, 0) is 0 Å². The predicted octanol–water partition coefficient (Wildman–Crippen LogP) is 3.14. The third-order valence-electron chi connectivity index (χ3n) is 3.54. The minimum Gasteiger partial charge on any atom is -0.378 e. The second-order valence-corrected chi connectivity index (χ2v) is 6.26. The van der Waals surface area contributed by atoms with E-state index in [2.05, 4.69) is 10.6 Å². The van der Waals surface area contributed by atoms with E-state index in [1.807, 2.05) is 62.3 Å². The van der Waals surface area contributed by atoms with Crippen LogP contribution in [0.3, 0.4) is 0 Å². The van der Waals surface area contributed by atoms with Gasteiger partial charge in [0.2, 0.25) is 0 Å². The molecular weight excluding hydrogens is 316 g/mol. The number of urea groups is 1. The molecule has 6 heteroatoms. The molecular formula is C19H24N4O2. The molecule has 0 saturated carbocycles. The van der Waals surface area contributed by atoms with Gasteiger partial charge in [-0.3, -0.25) is 4.79 Å². The average molecular weight is 340 g/mol. The molecule has 0 radical (unpaired) electrons. The lowest BCUT2D eigenvalue weighted by molar-refractivity contribution is 0.0958. The molecule has 0 aliphatic heterocycles. The number of carbonyl (C=O) groups excluding carboxylic acids is 2. The van der Waals surface area contributed by atoms with Crippen molar-refractivity contribution < 1.29 is 9.59 Å². The van der Waals surface area contributed by atoms with Crippen LogP contribution >= 0.6 is 0 Å². The second-order valence-electron chi connectivity index (χ2n) is 6.26. The maximum atomic E-state index is 12.1. The molecule has 0 spiro atoms. The van der Waals surface area contributed by atoms with Crippen molar-refractivity contribution in [2.45, 2.75) is 0 Å². The minimum atomic E-state index is -0.352. The van der Waals surface area contributed by atoms with Crippen LogP contribution in [-0.4, -0.2) is 51.4 Å². The second kappa shape index (κ2) is 8.30. The summed E-state index contributed by atoms with van der Waals surface area (Å²) in [6.45, 7) is 0.327. The summed E-state index contributed by atoms with van der Waals surface area (Å²) < 4.78 is 0. The number of rotatable bonds is 6. The summed E-state index contributed by atoms with van der Waals surface area (Å²) in [5.41, 5.74) is 2.90. The summed E-state index contributed by atoms with van der Waals surface area (Å²) in [6.07, 6.45) is 0. The largest absolute Gasteiger partial charge is 0.378 e. The Kier molecular flexibility index (Phi) is 6.14. The molecule has 0 aliphatic rings. The number of hydrogen-bond donors (Lipinski definition) is 2. The SMILES string of the molecule is CN(C)CC(=O)c1cccc(NC(=O)Nc2ccc(N(C)C)cc2)c1. The maximum absolute atomic E-state index is 12.1. The molecule has 2 aromatic carbocycles. The zero-order valence-electron chi connectivity index (χ0n) is 15.0. The molecule has 2 N–H and O–H groups in total. The van der Waals surface area contributed by atoms with E-state index in [0.29, 0.717) is 23.5 Å². The third-order valence-corrected chi connectivity index (χ3v) is 3.54. The molecule has 6 nitrogen and oxygen atoms in total. The molecule has 0 aromatic heterocycles. The number of nitrogens with zero attached hydrogens (tertiary/aromatic N) is 2. The first-order valence-corrected chi connectivity index (χ1v) is 7.98. The fourth-order valence-electron chi connectivity index (χ4n) is 2.29. The van der Waals surface area contributed by atoms with Gasteiger partial charge in [-0.1, -0.05) is 12.1 Å². The summed E-state index contributed by atoms with van der Waals surface area (Å²) in [5, 5.41) is 5.53. The highest BCUT2D eigenvalue weighted by atomic mass is 16.2. The molecule has 132 valence electrons. The molecule has 25 heavy (non-hydrogen) atoms. The van der Waals surface area contributed by atoms with Crippen LogP contribution in [0, 0.1) is 0 Å². The summed E-state index contributed by atoms with van der Waals surface area (Å²) in [6, 6.07) is 14.1. The van der Waals surface area contributed by atoms with Crippen LogP contribution in [0.2, 0.25) is 0 Å². The van der Waals surface area contributed by atoms with E-state index in [4.69, 9.17) is 0 Å². The summed E-state index contributed by atoms with van der Waals surface area (Å²) in [5.74, 6) is 0.00772. The van der Waals surface area contributed by atoms with Crippen LogP contribution in [0.1, 0.15) is 10.4 Å². The number of ketones is 1. The highest BCUT2D eigenvalue weighted by Gasteiger charge is 2.09. The number of hydrogen-bond acceptors (Lipinski definition) is 4. The fraction of sp³-hybridized carbons (Fsp3) is 0.263. The zero-order valence-corrected chi connectivity index (χ0v) is 15.0. The lowest BCUT2D eigenvalue weighted by atomic mass is 10.1. The quantitative estimate of drug-likeness (QED) is 0.793. The Balaban J connectivity index is 1.99. The smallest absolute Gasteiger partial charge is 0.323 e. The van der Waals surface area contributed by atoms with Gasteiger partial charge in [-0.05, 0) is 50.5 Å². The molecule has 0 aliphatic carbocycles. The average Bonchev–Trinajstić information content (AvgIpc) is 2.54. The van der Waals surface area contributed by atoms with Gasteiger partial charge in [0.1, 0.15) is 0 Å². The molecule has 2 rings (SSSR count). The Morgan fingerprint density at radius 1 is 0.880 bits per heavy atom. The number of anilines is 3. The first kappa shape index (κ1) is 18.5. The van der Waals surface area contributed by atoms with Crippen molar-refractivity contribution in [3.8, 4) is 0 Å². The van der Waals surface area contributed by atoms with Crippen LogP contribution in [0.25, 0.3) is 0 Å². The fourth-order valence-corrected chi connectivity index (χ4v) is 2.29. The predicted molar refractivity (Wildman–Crippen MR) is 103 cm³/mol. The van der Waals surface area contributed by atoms with Crippen molar-refractivity contribution in [3.05, 3.63) is 54.1 Å². The first-order chi connectivity index (χ1) is 11.8. The highest BCUT2D eigenvalue weighted by Crippen LogP contribution is 2.16. The minimum absolute atomic E-state index is 0.00772. The Hall–Kier alpha value is -2.86. The molecule has 0 bridgehead atoms. The van der Waals surface area contributed by atoms with E-state index in [-0.39, 0.29) is 11.8 Å². The topological polar surface area (TPSA) is 64.7 Å². The van der Waals surface area contributed by atoms with E-state index < -0.39 is 0 Å². The number of likely N-dealkylation sites (N-methyl/N-ethyl adjacent to an activating group) is 1. The van der Waals surface area contributed by atoms with E-state index in [9.17, 15) is 9.59 Å². The van der Waals surface area contributed by atoms with Crippen LogP contribution in [0.15, 0.2) is 48.5 Å². The Bertz CT molecular complexity index is 739. The number of benzene rings is 2. The normalized spacial score (nSPS) is 10.4. The number of carbonyl (C=O) groups is 2. The van der Waals surface area contributed by atoms with Crippen molar-refractivity contribution in [3.63, 3.8) is 0 Å². The molecule has 0 saturated heterocycles. The molecule has 0 atom stereocenters. The zero-order chi connectivity index (χ0) is 18.4. The molecule has 0 unspecified atom stereocenters. The van der Waals surface area contributed by atoms with E-state index >= 15 is 0 Å². The number of amides is 2. The monoisotopic (exact) mass is 340 g/mol. The van der Waals surface area contributed by atoms with Crippen molar-refractivity contribution >= 4 is 28.9 Å². The van der Waals surface area contributed by atoms with Gasteiger partial charge in [-0.15, -0.1) is 0 Å².